The van der Waals surface area contributed by atoms with Gasteiger partial charge in [-0.1, -0.05) is 31.4 Å². The molecule has 2 fully saturated rings. The SMILES string of the molecule is COc1ccc(NC(=O)c2ccc(C3CCCCC3)cc2)cc1C1CCN(C(C)C)CC1. The molecule has 0 aromatic heterocycles. The minimum atomic E-state index is -0.0501. The van der Waals surface area contributed by atoms with Crippen LogP contribution < -0.4 is 10.1 Å². The van der Waals surface area contributed by atoms with Crippen LogP contribution in [0.25, 0.3) is 0 Å². The molecule has 1 heterocycles. The zero-order valence-corrected chi connectivity index (χ0v) is 19.9. The average Bonchev–Trinajstić information content (AvgIpc) is 2.84. The van der Waals surface area contributed by atoms with Gasteiger partial charge < -0.3 is 15.0 Å². The summed E-state index contributed by atoms with van der Waals surface area (Å²) in [6.45, 7) is 6.74. The smallest absolute Gasteiger partial charge is 0.255 e. The molecule has 1 N–H and O–H groups in total. The number of hydrogen-bond acceptors (Lipinski definition) is 3. The molecular weight excluding hydrogens is 396 g/mol. The van der Waals surface area contributed by atoms with Gasteiger partial charge in [0.05, 0.1) is 7.11 Å². The number of hydrogen-bond donors (Lipinski definition) is 1. The van der Waals surface area contributed by atoms with Gasteiger partial charge in [0.1, 0.15) is 5.75 Å². The summed E-state index contributed by atoms with van der Waals surface area (Å²) in [5.74, 6) is 1.99. The van der Waals surface area contributed by atoms with Gasteiger partial charge in [0.25, 0.3) is 5.91 Å². The Labute approximate surface area is 193 Å². The fourth-order valence-electron chi connectivity index (χ4n) is 5.40. The molecule has 0 unspecified atom stereocenters. The molecule has 1 amide bonds. The van der Waals surface area contributed by atoms with Crippen LogP contribution in [0.1, 0.15) is 92.1 Å². The first-order valence-corrected chi connectivity index (χ1v) is 12.4. The quantitative estimate of drug-likeness (QED) is 0.558. The number of benzene rings is 2. The lowest BCUT2D eigenvalue weighted by atomic mass is 9.84. The standard InChI is InChI=1S/C28H38N2O2/c1-20(2)30-17-15-23(16-18-30)26-19-25(13-14-27(26)32-3)29-28(31)24-11-9-22(10-12-24)21-7-5-4-6-8-21/h9-14,19-21,23H,4-8,15-18H2,1-3H3,(H,29,31). The Morgan fingerprint density at radius 2 is 1.62 bits per heavy atom. The molecule has 2 aromatic rings. The van der Waals surface area contributed by atoms with Crippen molar-refractivity contribution < 1.29 is 9.53 Å². The highest BCUT2D eigenvalue weighted by Gasteiger charge is 2.25. The largest absolute Gasteiger partial charge is 0.496 e. The number of amides is 1. The summed E-state index contributed by atoms with van der Waals surface area (Å²) in [5.41, 5.74) is 4.14. The number of methoxy groups -OCH3 is 1. The second-order valence-electron chi connectivity index (χ2n) is 9.77. The van der Waals surface area contributed by atoms with E-state index in [1.165, 1.54) is 43.2 Å². The molecule has 0 bridgehead atoms. The monoisotopic (exact) mass is 434 g/mol. The van der Waals surface area contributed by atoms with Crippen molar-refractivity contribution in [3.63, 3.8) is 0 Å². The van der Waals surface area contributed by atoms with Crippen LogP contribution in [-0.2, 0) is 0 Å². The molecule has 4 rings (SSSR count). The number of ether oxygens (including phenoxy) is 1. The summed E-state index contributed by atoms with van der Waals surface area (Å²) >= 11 is 0. The van der Waals surface area contributed by atoms with E-state index in [1.807, 2.05) is 24.3 Å². The molecule has 1 aliphatic carbocycles. The number of carbonyl (C=O) groups is 1. The molecule has 2 aliphatic rings. The highest BCUT2D eigenvalue weighted by molar-refractivity contribution is 6.04. The van der Waals surface area contributed by atoms with Gasteiger partial charge in [-0.3, -0.25) is 4.79 Å². The Morgan fingerprint density at radius 1 is 0.938 bits per heavy atom. The van der Waals surface area contributed by atoms with E-state index in [-0.39, 0.29) is 5.91 Å². The first-order chi connectivity index (χ1) is 15.5. The lowest BCUT2D eigenvalue weighted by Crippen LogP contribution is -2.37. The summed E-state index contributed by atoms with van der Waals surface area (Å²) in [6, 6.07) is 14.9. The Morgan fingerprint density at radius 3 is 2.25 bits per heavy atom. The third-order valence-corrected chi connectivity index (χ3v) is 7.44. The predicted molar refractivity (Wildman–Crippen MR) is 132 cm³/mol. The summed E-state index contributed by atoms with van der Waals surface area (Å²) in [7, 11) is 1.73. The van der Waals surface area contributed by atoms with Crippen molar-refractivity contribution in [1.82, 2.24) is 4.90 Å². The van der Waals surface area contributed by atoms with Crippen LogP contribution >= 0.6 is 0 Å². The maximum Gasteiger partial charge on any atom is 0.255 e. The molecule has 1 saturated heterocycles. The summed E-state index contributed by atoms with van der Waals surface area (Å²) < 4.78 is 5.66. The fraction of sp³-hybridized carbons (Fsp3) is 0.536. The molecular formula is C28H38N2O2. The first-order valence-electron chi connectivity index (χ1n) is 12.4. The van der Waals surface area contributed by atoms with Gasteiger partial charge in [-0.15, -0.1) is 0 Å². The first kappa shape index (κ1) is 22.8. The Balaban J connectivity index is 1.43. The van der Waals surface area contributed by atoms with Crippen molar-refractivity contribution in [3.8, 4) is 5.75 Å². The number of piperidine rings is 1. The highest BCUT2D eigenvalue weighted by Crippen LogP contribution is 2.37. The van der Waals surface area contributed by atoms with Crippen LogP contribution in [-0.4, -0.2) is 37.0 Å². The van der Waals surface area contributed by atoms with Crippen LogP contribution in [0.4, 0.5) is 5.69 Å². The third kappa shape index (κ3) is 5.35. The van der Waals surface area contributed by atoms with Gasteiger partial charge in [-0.05, 0) is 106 Å². The second kappa shape index (κ2) is 10.5. The van der Waals surface area contributed by atoms with Crippen LogP contribution in [0.2, 0.25) is 0 Å². The third-order valence-electron chi connectivity index (χ3n) is 7.44. The minimum absolute atomic E-state index is 0.0501. The van der Waals surface area contributed by atoms with Crippen molar-refractivity contribution in [3.05, 3.63) is 59.2 Å². The van der Waals surface area contributed by atoms with E-state index in [4.69, 9.17) is 4.74 Å². The van der Waals surface area contributed by atoms with Crippen LogP contribution in [0.3, 0.4) is 0 Å². The zero-order chi connectivity index (χ0) is 22.5. The summed E-state index contributed by atoms with van der Waals surface area (Å²) in [6.07, 6.45) is 8.79. The number of likely N-dealkylation sites (tertiary alicyclic amines) is 1. The number of anilines is 1. The maximum absolute atomic E-state index is 12.9. The Bertz CT molecular complexity index is 892. The lowest BCUT2D eigenvalue weighted by molar-refractivity contribution is 0.102. The van der Waals surface area contributed by atoms with Gasteiger partial charge in [0.2, 0.25) is 0 Å². The van der Waals surface area contributed by atoms with Gasteiger partial charge in [0, 0.05) is 17.3 Å². The van der Waals surface area contributed by atoms with Crippen LogP contribution in [0, 0.1) is 0 Å². The van der Waals surface area contributed by atoms with Crippen LogP contribution in [0.5, 0.6) is 5.75 Å². The van der Waals surface area contributed by atoms with E-state index in [0.717, 1.165) is 37.4 Å². The molecule has 4 nitrogen and oxygen atoms in total. The predicted octanol–water partition coefficient (Wildman–Crippen LogP) is 6.58. The number of nitrogens with zero attached hydrogens (tertiary/aromatic N) is 1. The number of carbonyl (C=O) groups excluding carboxylic acids is 1. The van der Waals surface area contributed by atoms with Crippen LogP contribution in [0.15, 0.2) is 42.5 Å². The van der Waals surface area contributed by atoms with E-state index in [0.29, 0.717) is 23.4 Å². The zero-order valence-electron chi connectivity index (χ0n) is 19.9. The molecule has 4 heteroatoms. The summed E-state index contributed by atoms with van der Waals surface area (Å²) in [5, 5.41) is 3.11. The molecule has 0 radical (unpaired) electrons. The van der Waals surface area contributed by atoms with Gasteiger partial charge in [-0.2, -0.15) is 0 Å². The normalized spacial score (nSPS) is 18.6. The van der Waals surface area contributed by atoms with E-state index >= 15 is 0 Å². The molecule has 0 spiro atoms. The van der Waals surface area contributed by atoms with E-state index in [1.54, 1.807) is 7.11 Å². The molecule has 2 aromatic carbocycles. The van der Waals surface area contributed by atoms with Gasteiger partial charge >= 0.3 is 0 Å². The van der Waals surface area contributed by atoms with Crippen molar-refractivity contribution in [1.29, 1.82) is 0 Å². The Hall–Kier alpha value is -2.33. The number of rotatable bonds is 6. The van der Waals surface area contributed by atoms with Crippen molar-refractivity contribution in [2.45, 2.75) is 76.7 Å². The molecule has 1 aliphatic heterocycles. The van der Waals surface area contributed by atoms with Crippen molar-refractivity contribution in [2.24, 2.45) is 0 Å². The topological polar surface area (TPSA) is 41.6 Å². The Kier molecular flexibility index (Phi) is 7.51. The molecule has 0 atom stereocenters. The minimum Gasteiger partial charge on any atom is -0.496 e. The average molecular weight is 435 g/mol. The van der Waals surface area contributed by atoms with Gasteiger partial charge in [0.15, 0.2) is 0 Å². The van der Waals surface area contributed by atoms with Crippen molar-refractivity contribution >= 4 is 11.6 Å². The van der Waals surface area contributed by atoms with E-state index in [9.17, 15) is 4.79 Å². The lowest BCUT2D eigenvalue weighted by Gasteiger charge is -2.35. The highest BCUT2D eigenvalue weighted by atomic mass is 16.5. The molecule has 1 saturated carbocycles. The van der Waals surface area contributed by atoms with E-state index in [2.05, 4.69) is 42.3 Å². The van der Waals surface area contributed by atoms with Gasteiger partial charge in [-0.25, -0.2) is 0 Å². The summed E-state index contributed by atoms with van der Waals surface area (Å²) in [4.78, 5) is 15.4. The van der Waals surface area contributed by atoms with Crippen molar-refractivity contribution in [2.75, 3.05) is 25.5 Å². The maximum atomic E-state index is 12.9. The number of nitrogens with one attached hydrogen (secondary N) is 1. The second-order valence-corrected chi connectivity index (χ2v) is 9.77. The molecule has 172 valence electrons. The fourth-order valence-corrected chi connectivity index (χ4v) is 5.40. The molecule has 32 heavy (non-hydrogen) atoms. The van der Waals surface area contributed by atoms with E-state index < -0.39 is 0 Å².